The highest BCUT2D eigenvalue weighted by molar-refractivity contribution is 5.31. The van der Waals surface area contributed by atoms with Gasteiger partial charge in [0.15, 0.2) is 17.4 Å². The van der Waals surface area contributed by atoms with E-state index >= 15 is 0 Å². The topological polar surface area (TPSA) is 35.2 Å². The Morgan fingerprint density at radius 1 is 1.12 bits per heavy atom. The molecule has 1 aliphatic rings. The van der Waals surface area contributed by atoms with Crippen molar-refractivity contribution in [3.63, 3.8) is 0 Å². The number of nitrogens with two attached hydrogens (primary N) is 1. The Hall–Kier alpha value is -1.16. The van der Waals surface area contributed by atoms with Gasteiger partial charge in [0.1, 0.15) is 0 Å². The van der Waals surface area contributed by atoms with Crippen molar-refractivity contribution in [1.82, 2.24) is 0 Å². The van der Waals surface area contributed by atoms with Crippen LogP contribution in [0.5, 0.6) is 5.75 Å². The third kappa shape index (κ3) is 2.94. The number of benzene rings is 1. The van der Waals surface area contributed by atoms with Crippen LogP contribution in [0.1, 0.15) is 37.7 Å². The zero-order valence-corrected chi connectivity index (χ0v) is 9.72. The maximum atomic E-state index is 13.6. The van der Waals surface area contributed by atoms with Gasteiger partial charge in [0.2, 0.25) is 0 Å². The summed E-state index contributed by atoms with van der Waals surface area (Å²) in [7, 11) is 0. The molecule has 0 atom stereocenters. The minimum absolute atomic E-state index is 0.0588. The molecule has 1 aromatic carbocycles. The molecule has 0 heterocycles. The first-order valence-corrected chi connectivity index (χ1v) is 6.05. The van der Waals surface area contributed by atoms with E-state index in [0.29, 0.717) is 5.56 Å². The minimum atomic E-state index is -0.656. The maximum absolute atomic E-state index is 13.6. The van der Waals surface area contributed by atoms with Gasteiger partial charge in [0.25, 0.3) is 0 Å². The van der Waals surface area contributed by atoms with Gasteiger partial charge < -0.3 is 10.5 Å². The number of hydrogen-bond donors (Lipinski definition) is 1. The van der Waals surface area contributed by atoms with E-state index in [0.717, 1.165) is 25.7 Å². The lowest BCUT2D eigenvalue weighted by Crippen LogP contribution is -2.21. The van der Waals surface area contributed by atoms with Crippen LogP contribution in [-0.2, 0) is 6.54 Å². The molecule has 1 fully saturated rings. The van der Waals surface area contributed by atoms with Crippen LogP contribution < -0.4 is 10.5 Å². The van der Waals surface area contributed by atoms with Crippen molar-refractivity contribution in [2.45, 2.75) is 44.8 Å². The molecule has 2 N–H and O–H groups in total. The summed E-state index contributed by atoms with van der Waals surface area (Å²) in [4.78, 5) is 0. The van der Waals surface area contributed by atoms with Crippen LogP contribution >= 0.6 is 0 Å². The van der Waals surface area contributed by atoms with Crippen molar-refractivity contribution in [2.75, 3.05) is 0 Å². The summed E-state index contributed by atoms with van der Waals surface area (Å²) in [5, 5.41) is 0. The standard InChI is InChI=1S/C13H17F2NO/c14-11-6-9(8-16)7-12(15)13(11)17-10-4-2-1-3-5-10/h6-7,10H,1-5,8,16H2. The molecule has 94 valence electrons. The summed E-state index contributed by atoms with van der Waals surface area (Å²) in [5.41, 5.74) is 5.79. The van der Waals surface area contributed by atoms with Crippen LogP contribution in [0.3, 0.4) is 0 Å². The molecule has 1 aromatic rings. The molecule has 2 nitrogen and oxygen atoms in total. The molecule has 1 saturated carbocycles. The maximum Gasteiger partial charge on any atom is 0.191 e. The van der Waals surface area contributed by atoms with Gasteiger partial charge in [-0.15, -0.1) is 0 Å². The normalized spacial score (nSPS) is 17.1. The third-order valence-electron chi connectivity index (χ3n) is 3.13. The van der Waals surface area contributed by atoms with E-state index < -0.39 is 11.6 Å². The Balaban J connectivity index is 2.14. The predicted octanol–water partition coefficient (Wildman–Crippen LogP) is 3.14. The Labute approximate surface area is 99.8 Å². The van der Waals surface area contributed by atoms with Crippen molar-refractivity contribution < 1.29 is 13.5 Å². The van der Waals surface area contributed by atoms with Crippen LogP contribution in [-0.4, -0.2) is 6.10 Å². The second kappa shape index (κ2) is 5.45. The first-order chi connectivity index (χ1) is 8.20. The highest BCUT2D eigenvalue weighted by Gasteiger charge is 2.19. The van der Waals surface area contributed by atoms with E-state index in [4.69, 9.17) is 10.5 Å². The lowest BCUT2D eigenvalue weighted by atomic mass is 9.98. The van der Waals surface area contributed by atoms with Gasteiger partial charge in [0.05, 0.1) is 6.10 Å². The second-order valence-corrected chi connectivity index (χ2v) is 4.47. The van der Waals surface area contributed by atoms with E-state index in [1.165, 1.54) is 18.6 Å². The highest BCUT2D eigenvalue weighted by Crippen LogP contribution is 2.28. The second-order valence-electron chi connectivity index (χ2n) is 4.47. The average Bonchev–Trinajstić information content (AvgIpc) is 2.35. The van der Waals surface area contributed by atoms with Gasteiger partial charge in [0, 0.05) is 6.54 Å². The summed E-state index contributed by atoms with van der Waals surface area (Å²) < 4.78 is 32.7. The molecular weight excluding hydrogens is 224 g/mol. The first-order valence-electron chi connectivity index (χ1n) is 6.05. The summed E-state index contributed by atoms with van der Waals surface area (Å²) in [6.07, 6.45) is 4.99. The molecule has 2 rings (SSSR count). The van der Waals surface area contributed by atoms with E-state index in [9.17, 15) is 8.78 Å². The van der Waals surface area contributed by atoms with Crippen LogP contribution in [0.15, 0.2) is 12.1 Å². The molecule has 17 heavy (non-hydrogen) atoms. The van der Waals surface area contributed by atoms with Crippen molar-refractivity contribution in [3.8, 4) is 5.75 Å². The fourth-order valence-electron chi connectivity index (χ4n) is 2.19. The van der Waals surface area contributed by atoms with Crippen molar-refractivity contribution >= 4 is 0 Å². The van der Waals surface area contributed by atoms with Crippen LogP contribution in [0.4, 0.5) is 8.78 Å². The van der Waals surface area contributed by atoms with Crippen molar-refractivity contribution in [1.29, 1.82) is 0 Å². The summed E-state index contributed by atoms with van der Waals surface area (Å²) in [6.45, 7) is 0.123. The predicted molar refractivity (Wildman–Crippen MR) is 61.8 cm³/mol. The van der Waals surface area contributed by atoms with Gasteiger partial charge in [-0.3, -0.25) is 0 Å². The fourth-order valence-corrected chi connectivity index (χ4v) is 2.19. The Bertz CT molecular complexity index is 366. The number of ether oxygens (including phenoxy) is 1. The Morgan fingerprint density at radius 3 is 2.24 bits per heavy atom. The Kier molecular flexibility index (Phi) is 3.94. The zero-order valence-electron chi connectivity index (χ0n) is 9.72. The van der Waals surface area contributed by atoms with E-state index in [2.05, 4.69) is 0 Å². The molecule has 0 saturated heterocycles. The smallest absolute Gasteiger partial charge is 0.191 e. The van der Waals surface area contributed by atoms with Crippen LogP contribution in [0, 0.1) is 11.6 Å². The monoisotopic (exact) mass is 241 g/mol. The van der Waals surface area contributed by atoms with Gasteiger partial charge in [-0.2, -0.15) is 0 Å². The number of halogens is 2. The summed E-state index contributed by atoms with van der Waals surface area (Å²) >= 11 is 0. The Morgan fingerprint density at radius 2 is 1.71 bits per heavy atom. The largest absolute Gasteiger partial charge is 0.484 e. The lowest BCUT2D eigenvalue weighted by Gasteiger charge is -2.23. The lowest BCUT2D eigenvalue weighted by molar-refractivity contribution is 0.142. The fraction of sp³-hybridized carbons (Fsp3) is 0.538. The van der Waals surface area contributed by atoms with Gasteiger partial charge in [-0.05, 0) is 43.4 Å². The number of hydrogen-bond acceptors (Lipinski definition) is 2. The van der Waals surface area contributed by atoms with Crippen LogP contribution in [0.2, 0.25) is 0 Å². The van der Waals surface area contributed by atoms with E-state index in [-0.39, 0.29) is 18.4 Å². The minimum Gasteiger partial charge on any atom is -0.484 e. The third-order valence-corrected chi connectivity index (χ3v) is 3.13. The molecule has 0 radical (unpaired) electrons. The van der Waals surface area contributed by atoms with Crippen LogP contribution in [0.25, 0.3) is 0 Å². The van der Waals surface area contributed by atoms with Gasteiger partial charge in [-0.1, -0.05) is 6.42 Å². The zero-order chi connectivity index (χ0) is 12.3. The molecule has 0 amide bonds. The average molecular weight is 241 g/mol. The molecule has 4 heteroatoms. The van der Waals surface area contributed by atoms with Gasteiger partial charge >= 0.3 is 0 Å². The van der Waals surface area contributed by atoms with E-state index in [1.807, 2.05) is 0 Å². The van der Waals surface area contributed by atoms with Crippen molar-refractivity contribution in [3.05, 3.63) is 29.3 Å². The summed E-state index contributed by atoms with van der Waals surface area (Å²) in [5.74, 6) is -1.57. The molecular formula is C13H17F2NO. The molecule has 0 aromatic heterocycles. The van der Waals surface area contributed by atoms with E-state index in [1.54, 1.807) is 0 Å². The molecule has 0 unspecified atom stereocenters. The number of rotatable bonds is 3. The molecule has 0 bridgehead atoms. The van der Waals surface area contributed by atoms with Gasteiger partial charge in [-0.25, -0.2) is 8.78 Å². The molecule has 0 aliphatic heterocycles. The summed E-state index contributed by atoms with van der Waals surface area (Å²) in [6, 6.07) is 2.47. The quantitative estimate of drug-likeness (QED) is 0.882. The highest BCUT2D eigenvalue weighted by atomic mass is 19.1. The molecule has 0 spiro atoms. The SMILES string of the molecule is NCc1cc(F)c(OC2CCCCC2)c(F)c1. The molecule has 1 aliphatic carbocycles. The van der Waals surface area contributed by atoms with Crippen molar-refractivity contribution in [2.24, 2.45) is 5.73 Å². The first kappa shape index (κ1) is 12.3.